The van der Waals surface area contributed by atoms with E-state index in [0.29, 0.717) is 0 Å². The quantitative estimate of drug-likeness (QED) is 0.412. The van der Waals surface area contributed by atoms with Crippen molar-refractivity contribution >= 4 is 10.9 Å². The first-order valence-electron chi connectivity index (χ1n) is 9.57. The van der Waals surface area contributed by atoms with E-state index in [1.165, 1.54) is 22.1 Å². The Morgan fingerprint density at radius 3 is 2.00 bits per heavy atom. The fourth-order valence-corrected chi connectivity index (χ4v) is 3.99. The number of aromatic nitrogens is 3. The summed E-state index contributed by atoms with van der Waals surface area (Å²) in [5.74, 6) is 1.11. The van der Waals surface area contributed by atoms with Gasteiger partial charge in [-0.3, -0.25) is 0 Å². The van der Waals surface area contributed by atoms with Gasteiger partial charge in [-0.25, -0.2) is 4.57 Å². The van der Waals surface area contributed by atoms with E-state index in [2.05, 4.69) is 125 Å². The predicted molar refractivity (Wildman–Crippen MR) is 113 cm³/mol. The molecule has 2 aromatic heterocycles. The summed E-state index contributed by atoms with van der Waals surface area (Å²) in [7, 11) is 0. The monoisotopic (exact) mass is 443 g/mol. The Bertz CT molecular complexity index is 1180. The number of rotatable bonds is 4. The van der Waals surface area contributed by atoms with Gasteiger partial charge < -0.3 is 22.0 Å². The minimum atomic E-state index is 0. The van der Waals surface area contributed by atoms with Crippen LogP contribution in [0.3, 0.4) is 0 Å². The molecule has 5 rings (SSSR count). The molecule has 0 aliphatic carbocycles. The van der Waals surface area contributed by atoms with Crippen LogP contribution in [0.4, 0.5) is 0 Å². The van der Waals surface area contributed by atoms with E-state index in [1.807, 2.05) is 0 Å². The molecule has 5 aromatic rings. The second-order valence-electron chi connectivity index (χ2n) is 7.14. The van der Waals surface area contributed by atoms with E-state index in [9.17, 15) is 0 Å². The Kier molecular flexibility index (Phi) is 5.36. The highest BCUT2D eigenvalue weighted by molar-refractivity contribution is 5.86. The zero-order chi connectivity index (χ0) is 18.9. The number of halogens is 1. The fourth-order valence-electron chi connectivity index (χ4n) is 3.99. The number of imidazole rings is 1. The third-order valence-electron chi connectivity index (χ3n) is 5.38. The number of para-hydroxylation sites is 1. The van der Waals surface area contributed by atoms with Crippen molar-refractivity contribution in [3.05, 3.63) is 120 Å². The lowest BCUT2D eigenvalue weighted by Gasteiger charge is -2.14. The number of hydrogen-bond acceptors (Lipinski definition) is 0. The maximum absolute atomic E-state index is 3.56. The number of hydrogen-bond donors (Lipinski definition) is 1. The number of aryl methyl sites for hydroxylation is 1. The van der Waals surface area contributed by atoms with E-state index in [-0.39, 0.29) is 23.0 Å². The average Bonchev–Trinajstić information content (AvgIpc) is 3.35. The van der Waals surface area contributed by atoms with Crippen molar-refractivity contribution in [2.24, 2.45) is 0 Å². The predicted octanol–water partition coefficient (Wildman–Crippen LogP) is 2.20. The molecule has 4 heteroatoms. The molecule has 0 radical (unpaired) electrons. The second-order valence-corrected chi connectivity index (χ2v) is 7.14. The Hall–Kier alpha value is -3.11. The van der Waals surface area contributed by atoms with Crippen LogP contribution in [0.25, 0.3) is 16.7 Å². The van der Waals surface area contributed by atoms with E-state index in [0.717, 1.165) is 11.3 Å². The molecule has 29 heavy (non-hydrogen) atoms. The van der Waals surface area contributed by atoms with Crippen LogP contribution in [0.2, 0.25) is 0 Å². The smallest absolute Gasteiger partial charge is 0.250 e. The van der Waals surface area contributed by atoms with Gasteiger partial charge in [0.2, 0.25) is 5.82 Å². The topological polar surface area (TPSA) is 24.6 Å². The zero-order valence-corrected chi connectivity index (χ0v) is 17.8. The van der Waals surface area contributed by atoms with Crippen LogP contribution in [0.15, 0.2) is 104 Å². The van der Waals surface area contributed by atoms with Gasteiger partial charge in [-0.1, -0.05) is 78.9 Å². The van der Waals surface area contributed by atoms with Crippen LogP contribution < -0.4 is 21.5 Å². The molecular formula is C25H22BrN3. The van der Waals surface area contributed by atoms with Crippen LogP contribution in [-0.2, 0) is 0 Å². The third-order valence-corrected chi connectivity index (χ3v) is 5.38. The number of aromatic amines is 1. The maximum atomic E-state index is 3.56. The summed E-state index contributed by atoms with van der Waals surface area (Å²) in [5, 5.41) is 1.26. The van der Waals surface area contributed by atoms with Gasteiger partial charge in [0.1, 0.15) is 12.4 Å². The first kappa shape index (κ1) is 19.2. The summed E-state index contributed by atoms with van der Waals surface area (Å²) < 4.78 is 4.45. The molecule has 3 nitrogen and oxygen atoms in total. The summed E-state index contributed by atoms with van der Waals surface area (Å²) in [6, 6.07) is 29.9. The summed E-state index contributed by atoms with van der Waals surface area (Å²) >= 11 is 0. The number of nitrogens with one attached hydrogen (secondary N) is 1. The molecule has 0 saturated carbocycles. The van der Waals surface area contributed by atoms with Gasteiger partial charge in [0.15, 0.2) is 6.04 Å². The number of H-pyrrole nitrogens is 1. The molecule has 0 spiro atoms. The number of benzene rings is 3. The zero-order valence-electron chi connectivity index (χ0n) is 16.2. The van der Waals surface area contributed by atoms with Gasteiger partial charge in [-0.15, -0.1) is 0 Å². The summed E-state index contributed by atoms with van der Waals surface area (Å²) in [6.07, 6.45) is 6.44. The summed E-state index contributed by atoms with van der Waals surface area (Å²) in [6.45, 7) is 2.17. The van der Waals surface area contributed by atoms with Crippen molar-refractivity contribution < 1.29 is 21.5 Å². The van der Waals surface area contributed by atoms with Gasteiger partial charge >= 0.3 is 0 Å². The molecular weight excluding hydrogens is 422 g/mol. The van der Waals surface area contributed by atoms with Crippen LogP contribution in [0.1, 0.15) is 22.7 Å². The molecule has 1 N–H and O–H groups in total. The van der Waals surface area contributed by atoms with Crippen LogP contribution in [-0.4, -0.2) is 9.55 Å². The fraction of sp³-hybridized carbons (Fsp3) is 0.0800. The SMILES string of the molecule is Cc1c(-n2cc[n+](C(c3ccccc3)c3ccccc3)c2)[nH]c2ccccc12.[Br-]. The van der Waals surface area contributed by atoms with Gasteiger partial charge in [-0.2, -0.15) is 4.57 Å². The molecule has 3 aromatic carbocycles. The van der Waals surface area contributed by atoms with E-state index in [4.69, 9.17) is 0 Å². The molecule has 0 aliphatic heterocycles. The Morgan fingerprint density at radius 2 is 1.38 bits per heavy atom. The lowest BCUT2D eigenvalue weighted by atomic mass is 9.99. The molecule has 0 atom stereocenters. The largest absolute Gasteiger partial charge is 1.00 e. The average molecular weight is 444 g/mol. The van der Waals surface area contributed by atoms with Gasteiger partial charge in [0.05, 0.1) is 0 Å². The van der Waals surface area contributed by atoms with Gasteiger partial charge in [0.25, 0.3) is 6.33 Å². The lowest BCUT2D eigenvalue weighted by Crippen LogP contribution is -3.00. The van der Waals surface area contributed by atoms with Crippen LogP contribution >= 0.6 is 0 Å². The van der Waals surface area contributed by atoms with Crippen LogP contribution in [0, 0.1) is 6.92 Å². The van der Waals surface area contributed by atoms with Gasteiger partial charge in [0, 0.05) is 27.6 Å². The minimum absolute atomic E-state index is 0. The van der Waals surface area contributed by atoms with Crippen LogP contribution in [0.5, 0.6) is 0 Å². The molecule has 0 saturated heterocycles. The summed E-state index contributed by atoms with van der Waals surface area (Å²) in [4.78, 5) is 3.56. The van der Waals surface area contributed by atoms with Crippen molar-refractivity contribution in [3.63, 3.8) is 0 Å². The highest BCUT2D eigenvalue weighted by Crippen LogP contribution is 2.25. The maximum Gasteiger partial charge on any atom is 0.250 e. The van der Waals surface area contributed by atoms with Crippen molar-refractivity contribution in [1.82, 2.24) is 9.55 Å². The van der Waals surface area contributed by atoms with Gasteiger partial charge in [-0.05, 0) is 13.0 Å². The second kappa shape index (κ2) is 8.10. The molecule has 0 bridgehead atoms. The lowest BCUT2D eigenvalue weighted by molar-refractivity contribution is -0.704. The van der Waals surface area contributed by atoms with E-state index < -0.39 is 0 Å². The standard InChI is InChI=1S/C25H22N3.BrH/c1-19-22-14-8-9-15-23(22)26-25(19)28-17-16-27(18-28)24(20-10-4-2-5-11-20)21-12-6-3-7-13-21;/h2-18,24,26H,1H3;1H/q+1;/p-1. The van der Waals surface area contributed by atoms with Crippen molar-refractivity contribution in [3.8, 4) is 5.82 Å². The van der Waals surface area contributed by atoms with Crippen molar-refractivity contribution in [2.45, 2.75) is 13.0 Å². The first-order valence-corrected chi connectivity index (χ1v) is 9.57. The molecule has 2 heterocycles. The Morgan fingerprint density at radius 1 is 0.793 bits per heavy atom. The molecule has 0 fully saturated rings. The Labute approximate surface area is 181 Å². The summed E-state index contributed by atoms with van der Waals surface area (Å²) in [5.41, 5.74) is 4.96. The van der Waals surface area contributed by atoms with E-state index in [1.54, 1.807) is 0 Å². The molecule has 0 aliphatic rings. The highest BCUT2D eigenvalue weighted by atomic mass is 79.9. The van der Waals surface area contributed by atoms with Crippen molar-refractivity contribution in [1.29, 1.82) is 0 Å². The molecule has 0 amide bonds. The number of fused-ring (bicyclic) bond motifs is 1. The van der Waals surface area contributed by atoms with Crippen molar-refractivity contribution in [2.75, 3.05) is 0 Å². The normalized spacial score (nSPS) is 11.0. The first-order chi connectivity index (χ1) is 13.8. The molecule has 144 valence electrons. The highest BCUT2D eigenvalue weighted by Gasteiger charge is 2.23. The van der Waals surface area contributed by atoms with E-state index >= 15 is 0 Å². The molecule has 0 unspecified atom stereocenters. The minimum Gasteiger partial charge on any atom is -1.00 e. The third kappa shape index (κ3) is 3.52. The number of nitrogens with zero attached hydrogens (tertiary/aromatic N) is 2. The Balaban J connectivity index is 0.00000205.